The molecule has 1 saturated carbocycles. The molecule has 0 aromatic rings. The average molecular weight is 183 g/mol. The van der Waals surface area contributed by atoms with E-state index in [0.29, 0.717) is 0 Å². The molecular weight excluding hydrogens is 166 g/mol. The lowest BCUT2D eigenvalue weighted by atomic mass is 10.1. The van der Waals surface area contributed by atoms with Gasteiger partial charge in [0.15, 0.2) is 0 Å². The molecule has 2 aliphatic rings. The Hall–Kier alpha value is -0.610. The molecule has 0 aromatic heterocycles. The second-order valence-electron chi connectivity index (χ2n) is 4.26. The number of amides is 1. The maximum Gasteiger partial charge on any atom is 0.224 e. The van der Waals surface area contributed by atoms with Gasteiger partial charge in [-0.2, -0.15) is 0 Å². The van der Waals surface area contributed by atoms with Gasteiger partial charge in [0.1, 0.15) is 0 Å². The van der Waals surface area contributed by atoms with Gasteiger partial charge in [0, 0.05) is 18.6 Å². The number of carbonyl (C=O) groups is 1. The van der Waals surface area contributed by atoms with E-state index in [4.69, 9.17) is 5.73 Å². The molecule has 1 heterocycles. The van der Waals surface area contributed by atoms with Crippen LogP contribution in [0.25, 0.3) is 0 Å². The smallest absolute Gasteiger partial charge is 0.224 e. The third-order valence-corrected chi connectivity index (χ3v) is 2.93. The first-order chi connectivity index (χ1) is 6.16. The average Bonchev–Trinajstić information content (AvgIpc) is 2.62. The van der Waals surface area contributed by atoms with Crippen molar-refractivity contribution >= 4 is 5.91 Å². The molecule has 1 amide bonds. The zero-order valence-corrected chi connectivity index (χ0v) is 7.99. The molecule has 3 atom stereocenters. The molecule has 1 saturated heterocycles. The van der Waals surface area contributed by atoms with E-state index in [1.54, 1.807) is 0 Å². The summed E-state index contributed by atoms with van der Waals surface area (Å²) in [7, 11) is 2.05. The Morgan fingerprint density at radius 1 is 1.62 bits per heavy atom. The van der Waals surface area contributed by atoms with Crippen LogP contribution in [0.5, 0.6) is 0 Å². The third-order valence-electron chi connectivity index (χ3n) is 2.93. The third kappa shape index (κ3) is 2.00. The van der Waals surface area contributed by atoms with Crippen molar-refractivity contribution in [2.75, 3.05) is 20.1 Å². The van der Waals surface area contributed by atoms with Gasteiger partial charge in [0.05, 0.1) is 5.92 Å². The first-order valence-electron chi connectivity index (χ1n) is 4.91. The standard InChI is InChI=1S/C9H17N3O/c1-12-3-2-6(5-12)9(13)11-8-4-7(8)10/h6-8H,2-5,10H2,1H3,(H,11,13). The van der Waals surface area contributed by atoms with Crippen LogP contribution in [0.15, 0.2) is 0 Å². The predicted molar refractivity (Wildman–Crippen MR) is 50.1 cm³/mol. The molecule has 4 nitrogen and oxygen atoms in total. The summed E-state index contributed by atoms with van der Waals surface area (Å²) in [6.07, 6.45) is 1.94. The molecule has 2 fully saturated rings. The van der Waals surface area contributed by atoms with Crippen molar-refractivity contribution < 1.29 is 4.79 Å². The molecule has 0 bridgehead atoms. The summed E-state index contributed by atoms with van der Waals surface area (Å²) in [6.45, 7) is 1.93. The highest BCUT2D eigenvalue weighted by Crippen LogP contribution is 2.20. The summed E-state index contributed by atoms with van der Waals surface area (Å²) in [6, 6.07) is 0.474. The van der Waals surface area contributed by atoms with Gasteiger partial charge >= 0.3 is 0 Å². The minimum Gasteiger partial charge on any atom is -0.351 e. The Labute approximate surface area is 78.5 Å². The molecule has 1 aliphatic heterocycles. The highest BCUT2D eigenvalue weighted by atomic mass is 16.2. The van der Waals surface area contributed by atoms with Crippen LogP contribution in [0.4, 0.5) is 0 Å². The van der Waals surface area contributed by atoms with Gasteiger partial charge in [-0.05, 0) is 26.4 Å². The van der Waals surface area contributed by atoms with Gasteiger partial charge in [-0.3, -0.25) is 4.79 Å². The molecule has 0 aromatic carbocycles. The lowest BCUT2D eigenvalue weighted by Crippen LogP contribution is -2.35. The van der Waals surface area contributed by atoms with Crippen LogP contribution >= 0.6 is 0 Å². The number of hydrogen-bond acceptors (Lipinski definition) is 3. The van der Waals surface area contributed by atoms with Crippen LogP contribution in [-0.4, -0.2) is 43.0 Å². The maximum atomic E-state index is 11.6. The Balaban J connectivity index is 1.77. The summed E-state index contributed by atoms with van der Waals surface area (Å²) in [4.78, 5) is 13.8. The molecule has 3 unspecified atom stereocenters. The van der Waals surface area contributed by atoms with Crippen LogP contribution in [0.2, 0.25) is 0 Å². The van der Waals surface area contributed by atoms with E-state index >= 15 is 0 Å². The highest BCUT2D eigenvalue weighted by molar-refractivity contribution is 5.80. The minimum atomic E-state index is 0.192. The van der Waals surface area contributed by atoms with E-state index in [1.807, 2.05) is 0 Å². The van der Waals surface area contributed by atoms with Crippen molar-refractivity contribution in [3.05, 3.63) is 0 Å². The number of likely N-dealkylation sites (tertiary alicyclic amines) is 1. The fourth-order valence-electron chi connectivity index (χ4n) is 1.83. The van der Waals surface area contributed by atoms with Gasteiger partial charge in [-0.25, -0.2) is 0 Å². The summed E-state index contributed by atoms with van der Waals surface area (Å²) in [5, 5.41) is 2.98. The number of hydrogen-bond donors (Lipinski definition) is 2. The lowest BCUT2D eigenvalue weighted by molar-refractivity contribution is -0.124. The van der Waals surface area contributed by atoms with Gasteiger partial charge in [-0.15, -0.1) is 0 Å². The van der Waals surface area contributed by atoms with E-state index in [1.165, 1.54) is 0 Å². The first-order valence-corrected chi connectivity index (χ1v) is 4.91. The van der Waals surface area contributed by atoms with E-state index in [9.17, 15) is 4.79 Å². The summed E-state index contributed by atoms with van der Waals surface area (Å²) in [5.74, 6) is 0.389. The van der Waals surface area contributed by atoms with Gasteiger partial charge in [-0.1, -0.05) is 0 Å². The molecule has 4 heteroatoms. The van der Waals surface area contributed by atoms with Crippen molar-refractivity contribution in [1.82, 2.24) is 10.2 Å². The fourth-order valence-corrected chi connectivity index (χ4v) is 1.83. The second-order valence-corrected chi connectivity index (χ2v) is 4.26. The quantitative estimate of drug-likeness (QED) is 0.586. The van der Waals surface area contributed by atoms with Crippen LogP contribution in [0, 0.1) is 5.92 Å². The summed E-state index contributed by atoms with van der Waals surface area (Å²) < 4.78 is 0. The molecule has 1 aliphatic carbocycles. The van der Waals surface area contributed by atoms with Crippen LogP contribution in [0.1, 0.15) is 12.8 Å². The van der Waals surface area contributed by atoms with Crippen molar-refractivity contribution in [3.63, 3.8) is 0 Å². The van der Waals surface area contributed by atoms with Gasteiger partial charge < -0.3 is 16.0 Å². The molecule has 13 heavy (non-hydrogen) atoms. The first kappa shape index (κ1) is 8.97. The molecule has 74 valence electrons. The molecular formula is C9H17N3O. The molecule has 0 radical (unpaired) electrons. The molecule has 3 N–H and O–H groups in total. The number of nitrogens with one attached hydrogen (secondary N) is 1. The highest BCUT2D eigenvalue weighted by Gasteiger charge is 2.37. The second kappa shape index (κ2) is 3.27. The van der Waals surface area contributed by atoms with Crippen molar-refractivity contribution in [2.45, 2.75) is 24.9 Å². The van der Waals surface area contributed by atoms with Crippen LogP contribution < -0.4 is 11.1 Å². The van der Waals surface area contributed by atoms with E-state index < -0.39 is 0 Å². The van der Waals surface area contributed by atoms with E-state index in [-0.39, 0.29) is 23.9 Å². The van der Waals surface area contributed by atoms with E-state index in [2.05, 4.69) is 17.3 Å². The zero-order valence-electron chi connectivity index (χ0n) is 7.99. The predicted octanol–water partition coefficient (Wildman–Crippen LogP) is -0.846. The SMILES string of the molecule is CN1CCC(C(=O)NC2CC2N)C1. The van der Waals surface area contributed by atoms with Crippen LogP contribution in [0.3, 0.4) is 0 Å². The minimum absolute atomic E-state index is 0.192. The molecule has 0 spiro atoms. The lowest BCUT2D eigenvalue weighted by Gasteiger charge is -2.10. The number of nitrogens with zero attached hydrogens (tertiary/aromatic N) is 1. The largest absolute Gasteiger partial charge is 0.351 e. The van der Waals surface area contributed by atoms with Crippen molar-refractivity contribution in [1.29, 1.82) is 0 Å². The van der Waals surface area contributed by atoms with Crippen molar-refractivity contribution in [3.8, 4) is 0 Å². The Kier molecular flexibility index (Phi) is 2.26. The Morgan fingerprint density at radius 3 is 2.77 bits per heavy atom. The van der Waals surface area contributed by atoms with Gasteiger partial charge in [0.2, 0.25) is 5.91 Å². The van der Waals surface area contributed by atoms with Crippen molar-refractivity contribution in [2.24, 2.45) is 11.7 Å². The summed E-state index contributed by atoms with van der Waals surface area (Å²) >= 11 is 0. The van der Waals surface area contributed by atoms with E-state index in [0.717, 1.165) is 25.9 Å². The monoisotopic (exact) mass is 183 g/mol. The normalized spacial score (nSPS) is 39.1. The summed E-state index contributed by atoms with van der Waals surface area (Å²) in [5.41, 5.74) is 5.62. The Bertz CT molecular complexity index is 219. The number of rotatable bonds is 2. The fraction of sp³-hybridized carbons (Fsp3) is 0.889. The topological polar surface area (TPSA) is 58.4 Å². The Morgan fingerprint density at radius 2 is 2.31 bits per heavy atom. The maximum absolute atomic E-state index is 11.6. The number of carbonyl (C=O) groups excluding carboxylic acids is 1. The van der Waals surface area contributed by atoms with Crippen LogP contribution in [-0.2, 0) is 4.79 Å². The van der Waals surface area contributed by atoms with Gasteiger partial charge in [0.25, 0.3) is 0 Å². The zero-order chi connectivity index (χ0) is 9.42. The number of nitrogens with two attached hydrogens (primary N) is 1. The molecule has 2 rings (SSSR count).